The van der Waals surface area contributed by atoms with Crippen LogP contribution >= 0.6 is 0 Å². The summed E-state index contributed by atoms with van der Waals surface area (Å²) >= 11 is -2.36. The number of carboxylic acid groups (broad SMARTS) is 1. The van der Waals surface area contributed by atoms with Gasteiger partial charge in [0.15, 0.2) is 9.84 Å². The highest BCUT2D eigenvalue weighted by Gasteiger charge is 2.16. The molecule has 2 aromatic rings. The normalized spacial score (nSPS) is 12.5. The molecule has 0 bridgehead atoms. The third-order valence-corrected chi connectivity index (χ3v) is 4.21. The lowest BCUT2D eigenvalue weighted by atomic mass is 9.97. The van der Waals surface area contributed by atoms with Gasteiger partial charge >= 0.3 is 5.97 Å². The smallest absolute Gasteiger partial charge is 0.310 e. The highest BCUT2D eigenvalue weighted by atomic mass is 32.2. The van der Waals surface area contributed by atoms with Gasteiger partial charge in [-0.15, -0.1) is 0 Å². The molecule has 0 saturated heterocycles. The van der Waals surface area contributed by atoms with E-state index in [1.807, 2.05) is 37.3 Å². The molecule has 0 fully saturated rings. The van der Waals surface area contributed by atoms with Crippen molar-refractivity contribution in [2.45, 2.75) is 24.2 Å². The number of benzene rings is 2. The van der Waals surface area contributed by atoms with Crippen LogP contribution in [0, 0.1) is 0 Å². The summed E-state index contributed by atoms with van der Waals surface area (Å²) in [6.07, 6.45) is 1.84. The van der Waals surface area contributed by atoms with Gasteiger partial charge in [-0.2, -0.15) is 0 Å². The average molecular weight is 400 g/mol. The molecule has 0 heterocycles. The number of hydrogen-bond donors (Lipinski definition) is 2. The Bertz CT molecular complexity index is 775. The maximum absolute atomic E-state index is 10.8. The van der Waals surface area contributed by atoms with Crippen LogP contribution in [0.4, 0.5) is 0 Å². The van der Waals surface area contributed by atoms with Gasteiger partial charge in [0, 0.05) is 17.5 Å². The molecule has 2 rings (SSSR count). The molecule has 0 saturated carbocycles. The molecule has 0 aromatic heterocycles. The van der Waals surface area contributed by atoms with Gasteiger partial charge < -0.3 is 9.66 Å². The predicted molar refractivity (Wildman–Crippen MR) is 99.8 cm³/mol. The van der Waals surface area contributed by atoms with Crippen LogP contribution in [0.2, 0.25) is 0 Å². The van der Waals surface area contributed by atoms with E-state index < -0.39 is 27.1 Å². The standard InChI is InChI=1S/C10H12O2.C7H8O2S.H3NO2S/c1-2-9(10(11)12)8-6-4-3-5-7-8;1-10(8,9)7-5-3-2-4-6-7;1-4(2)3/h3-7,9H,2H2,1H3,(H,11,12);2-6H,1H3;1H2,(H,2,3)/p-1. The predicted octanol–water partition coefficient (Wildman–Crippen LogP) is 2.09. The number of carbonyl (C=O) groups is 1. The second-order valence-corrected chi connectivity index (χ2v) is 7.59. The highest BCUT2D eigenvalue weighted by molar-refractivity contribution is 7.90. The van der Waals surface area contributed by atoms with E-state index in [1.165, 1.54) is 6.26 Å². The number of sulfone groups is 1. The Balaban J connectivity index is 0.000000405. The summed E-state index contributed by atoms with van der Waals surface area (Å²) in [7, 11) is -3.00. The largest absolute Gasteiger partial charge is 0.760 e. The Morgan fingerprint density at radius 1 is 1.12 bits per heavy atom. The molecule has 26 heavy (non-hydrogen) atoms. The summed E-state index contributed by atoms with van der Waals surface area (Å²) in [6.45, 7) is 1.88. The molecule has 2 aromatic carbocycles. The van der Waals surface area contributed by atoms with Crippen LogP contribution in [-0.4, -0.2) is 34.5 Å². The van der Waals surface area contributed by atoms with E-state index >= 15 is 0 Å². The summed E-state index contributed by atoms with van der Waals surface area (Å²) in [4.78, 5) is 11.1. The maximum Gasteiger partial charge on any atom is 0.310 e. The SMILES string of the molecule is CCC(C(=O)O)c1ccccc1.CS(=O)(=O)c1ccccc1.NS(=O)[O-]. The van der Waals surface area contributed by atoms with Crippen molar-refractivity contribution >= 4 is 27.1 Å². The fourth-order valence-electron chi connectivity index (χ4n) is 1.91. The summed E-state index contributed by atoms with van der Waals surface area (Å²) in [6, 6.07) is 17.7. The van der Waals surface area contributed by atoms with Crippen LogP contribution < -0.4 is 5.14 Å². The van der Waals surface area contributed by atoms with Crippen molar-refractivity contribution in [2.75, 3.05) is 6.26 Å². The van der Waals surface area contributed by atoms with Crippen LogP contribution in [0.15, 0.2) is 65.6 Å². The summed E-state index contributed by atoms with van der Waals surface area (Å²) < 4.78 is 39.2. The quantitative estimate of drug-likeness (QED) is 0.754. The highest BCUT2D eigenvalue weighted by Crippen LogP contribution is 2.18. The molecule has 3 N–H and O–H groups in total. The number of rotatable bonds is 4. The van der Waals surface area contributed by atoms with Crippen molar-refractivity contribution in [3.63, 3.8) is 0 Å². The molecule has 2 unspecified atom stereocenters. The minimum absolute atomic E-state index is 0.355. The summed E-state index contributed by atoms with van der Waals surface area (Å²) in [5, 5.41) is 12.9. The van der Waals surface area contributed by atoms with Crippen LogP contribution in [-0.2, 0) is 25.9 Å². The van der Waals surface area contributed by atoms with Crippen molar-refractivity contribution in [3.8, 4) is 0 Å². The topological polar surface area (TPSA) is 138 Å². The Morgan fingerprint density at radius 2 is 1.50 bits per heavy atom. The Labute approximate surface area is 156 Å². The fourth-order valence-corrected chi connectivity index (χ4v) is 2.56. The van der Waals surface area contributed by atoms with Crippen molar-refractivity contribution in [2.24, 2.45) is 5.14 Å². The number of hydrogen-bond acceptors (Lipinski definition) is 5. The first-order valence-electron chi connectivity index (χ1n) is 7.46. The molecular formula is C17H22NO6S2-. The van der Waals surface area contributed by atoms with Gasteiger partial charge in [-0.25, -0.2) is 8.42 Å². The monoisotopic (exact) mass is 400 g/mol. The second-order valence-electron chi connectivity index (χ2n) is 5.06. The van der Waals surface area contributed by atoms with Crippen LogP contribution in [0.3, 0.4) is 0 Å². The number of carboxylic acids is 1. The number of nitrogens with two attached hydrogens (primary N) is 1. The van der Waals surface area contributed by atoms with Crippen molar-refractivity contribution < 1.29 is 27.1 Å². The van der Waals surface area contributed by atoms with Gasteiger partial charge in [0.1, 0.15) is 0 Å². The van der Waals surface area contributed by atoms with Gasteiger partial charge in [-0.1, -0.05) is 55.5 Å². The van der Waals surface area contributed by atoms with Crippen molar-refractivity contribution in [1.82, 2.24) is 0 Å². The lowest BCUT2D eigenvalue weighted by Gasteiger charge is -2.08. The molecule has 7 nitrogen and oxygen atoms in total. The van der Waals surface area contributed by atoms with Gasteiger partial charge in [0.25, 0.3) is 0 Å². The molecule has 0 amide bonds. The van der Waals surface area contributed by atoms with Crippen molar-refractivity contribution in [1.29, 1.82) is 0 Å². The van der Waals surface area contributed by atoms with Crippen molar-refractivity contribution in [3.05, 3.63) is 66.2 Å². The molecule has 2 atom stereocenters. The Morgan fingerprint density at radius 3 is 1.77 bits per heavy atom. The van der Waals surface area contributed by atoms with E-state index in [9.17, 15) is 13.2 Å². The van der Waals surface area contributed by atoms with Crippen LogP contribution in [0.5, 0.6) is 0 Å². The van der Waals surface area contributed by atoms with Gasteiger partial charge in [0.05, 0.1) is 10.8 Å². The van der Waals surface area contributed by atoms with Gasteiger partial charge in [-0.3, -0.25) is 14.1 Å². The van der Waals surface area contributed by atoms with Crippen LogP contribution in [0.25, 0.3) is 0 Å². The van der Waals surface area contributed by atoms with E-state index in [1.54, 1.807) is 30.3 Å². The van der Waals surface area contributed by atoms with Gasteiger partial charge in [0.2, 0.25) is 0 Å². The molecule has 0 radical (unpaired) electrons. The zero-order valence-corrected chi connectivity index (χ0v) is 16.1. The third kappa shape index (κ3) is 10.7. The molecule has 144 valence electrons. The first-order valence-corrected chi connectivity index (χ1v) is 10.5. The minimum Gasteiger partial charge on any atom is -0.760 e. The maximum atomic E-state index is 10.8. The van der Waals surface area contributed by atoms with Gasteiger partial charge in [-0.05, 0) is 24.1 Å². The summed E-state index contributed by atoms with van der Waals surface area (Å²) in [5.74, 6) is -1.10. The summed E-state index contributed by atoms with van der Waals surface area (Å²) in [5.41, 5.74) is 0.882. The fraction of sp³-hybridized carbons (Fsp3) is 0.235. The Kier molecular flexibility index (Phi) is 11.3. The Hall–Kier alpha value is -2.07. The first kappa shape index (κ1) is 23.9. The lowest BCUT2D eigenvalue weighted by molar-refractivity contribution is -0.138. The van der Waals surface area contributed by atoms with E-state index in [0.717, 1.165) is 5.56 Å². The number of aliphatic carboxylic acids is 1. The van der Waals surface area contributed by atoms with Crippen LogP contribution in [0.1, 0.15) is 24.8 Å². The van der Waals surface area contributed by atoms with E-state index in [-0.39, 0.29) is 5.92 Å². The average Bonchev–Trinajstić information content (AvgIpc) is 2.56. The van der Waals surface area contributed by atoms with E-state index in [0.29, 0.717) is 11.3 Å². The molecule has 0 spiro atoms. The van der Waals surface area contributed by atoms with E-state index in [4.69, 9.17) is 13.9 Å². The zero-order chi connectivity index (χ0) is 20.2. The first-order chi connectivity index (χ1) is 12.1. The molecular weight excluding hydrogens is 378 g/mol. The van der Waals surface area contributed by atoms with E-state index in [2.05, 4.69) is 5.14 Å². The second kappa shape index (κ2) is 12.3. The zero-order valence-electron chi connectivity index (χ0n) is 14.4. The molecule has 0 aliphatic carbocycles. The third-order valence-electron chi connectivity index (χ3n) is 3.08. The molecule has 0 aliphatic rings. The molecule has 9 heteroatoms. The lowest BCUT2D eigenvalue weighted by Crippen LogP contribution is -2.09. The minimum atomic E-state index is -3.00. The molecule has 0 aliphatic heterocycles.